The first-order chi connectivity index (χ1) is 13.6. The van der Waals surface area contributed by atoms with Crippen molar-refractivity contribution in [1.29, 1.82) is 0 Å². The SMILES string of the molecule is Cn1nc(-c2ccc(/C=C(\NC(=O)c3ccccc3)C(O)O)s2)cc1C(F)(F)F. The molecule has 10 heteroatoms. The number of nitrogens with zero attached hydrogens (tertiary/aromatic N) is 2. The molecule has 0 aliphatic heterocycles. The van der Waals surface area contributed by atoms with E-state index < -0.39 is 24.1 Å². The van der Waals surface area contributed by atoms with E-state index in [0.717, 1.165) is 22.1 Å². The molecule has 0 aliphatic rings. The zero-order valence-electron chi connectivity index (χ0n) is 15.0. The number of nitrogens with one attached hydrogen (secondary N) is 1. The van der Waals surface area contributed by atoms with Gasteiger partial charge in [-0.25, -0.2) is 0 Å². The second kappa shape index (κ2) is 8.19. The zero-order valence-corrected chi connectivity index (χ0v) is 15.8. The Balaban J connectivity index is 1.84. The van der Waals surface area contributed by atoms with E-state index in [1.807, 2.05) is 0 Å². The molecule has 0 radical (unpaired) electrons. The highest BCUT2D eigenvalue weighted by Crippen LogP contribution is 2.34. The number of alkyl halides is 3. The Bertz CT molecular complexity index is 1040. The molecule has 0 saturated heterocycles. The molecule has 0 unspecified atom stereocenters. The van der Waals surface area contributed by atoms with Crippen LogP contribution in [0.3, 0.4) is 0 Å². The summed E-state index contributed by atoms with van der Waals surface area (Å²) < 4.78 is 39.6. The number of aromatic nitrogens is 2. The Morgan fingerprint density at radius 2 is 1.90 bits per heavy atom. The van der Waals surface area contributed by atoms with Gasteiger partial charge in [-0.1, -0.05) is 18.2 Å². The third-order valence-electron chi connectivity index (χ3n) is 3.92. The fourth-order valence-electron chi connectivity index (χ4n) is 2.54. The van der Waals surface area contributed by atoms with Gasteiger partial charge in [0.25, 0.3) is 5.91 Å². The fourth-order valence-corrected chi connectivity index (χ4v) is 3.46. The number of carbonyl (C=O) groups excluding carboxylic acids is 1. The summed E-state index contributed by atoms with van der Waals surface area (Å²) in [7, 11) is 1.21. The number of aliphatic hydroxyl groups excluding tert-OH is 1. The van der Waals surface area contributed by atoms with E-state index in [1.54, 1.807) is 42.5 Å². The third-order valence-corrected chi connectivity index (χ3v) is 4.97. The lowest BCUT2D eigenvalue weighted by atomic mass is 10.2. The zero-order chi connectivity index (χ0) is 21.2. The molecule has 1 amide bonds. The fraction of sp³-hybridized carbons (Fsp3) is 0.158. The van der Waals surface area contributed by atoms with Crippen LogP contribution < -0.4 is 5.32 Å². The normalized spacial score (nSPS) is 12.4. The second-order valence-electron chi connectivity index (χ2n) is 6.03. The minimum absolute atomic E-state index is 0.142. The summed E-state index contributed by atoms with van der Waals surface area (Å²) in [6.45, 7) is 0. The number of hydrogen-bond acceptors (Lipinski definition) is 5. The standard InChI is InChI=1S/C19H16F3N3O3S/c1-25-16(19(20,21)22)10-13(24-25)15-8-7-12(29-15)9-14(18(27)28)23-17(26)11-5-3-2-4-6-11/h2-10,18,27-28H,1H3,(H,23,26)/b14-9-. The molecule has 0 saturated carbocycles. The predicted octanol–water partition coefficient (Wildman–Crippen LogP) is 3.25. The van der Waals surface area contributed by atoms with Crippen LogP contribution in [0.2, 0.25) is 0 Å². The first-order valence-electron chi connectivity index (χ1n) is 8.30. The molecule has 2 heterocycles. The van der Waals surface area contributed by atoms with Crippen molar-refractivity contribution in [2.24, 2.45) is 7.05 Å². The Hall–Kier alpha value is -2.95. The van der Waals surface area contributed by atoms with Crippen LogP contribution >= 0.6 is 11.3 Å². The average Bonchev–Trinajstić information content (AvgIpc) is 3.28. The topological polar surface area (TPSA) is 87.4 Å². The molecule has 0 bridgehead atoms. The Kier molecular flexibility index (Phi) is 5.87. The van der Waals surface area contributed by atoms with Crippen LogP contribution in [-0.4, -0.2) is 32.2 Å². The Labute approximate surface area is 167 Å². The lowest BCUT2D eigenvalue weighted by Crippen LogP contribution is -2.29. The van der Waals surface area contributed by atoms with Crippen LogP contribution in [-0.2, 0) is 13.2 Å². The third kappa shape index (κ3) is 4.91. The summed E-state index contributed by atoms with van der Waals surface area (Å²) in [5, 5.41) is 25.4. The molecule has 0 spiro atoms. The number of hydrogen-bond donors (Lipinski definition) is 3. The number of rotatable bonds is 5. The number of aliphatic hydroxyl groups is 2. The summed E-state index contributed by atoms with van der Waals surface area (Å²) in [5.74, 6) is -0.527. The maximum absolute atomic E-state index is 12.9. The molecule has 2 aromatic heterocycles. The van der Waals surface area contributed by atoms with Crippen molar-refractivity contribution in [2.45, 2.75) is 12.5 Å². The van der Waals surface area contributed by atoms with Gasteiger partial charge in [0.2, 0.25) is 0 Å². The first kappa shape index (κ1) is 20.8. The van der Waals surface area contributed by atoms with E-state index in [0.29, 0.717) is 15.3 Å². The highest BCUT2D eigenvalue weighted by molar-refractivity contribution is 7.16. The molecule has 0 aliphatic carbocycles. The molecule has 1 aromatic carbocycles. The molecule has 3 rings (SSSR count). The van der Waals surface area contributed by atoms with Crippen molar-refractivity contribution in [1.82, 2.24) is 15.1 Å². The van der Waals surface area contributed by atoms with Gasteiger partial charge in [0, 0.05) is 17.5 Å². The largest absolute Gasteiger partial charge is 0.433 e. The lowest BCUT2D eigenvalue weighted by Gasteiger charge is -2.11. The van der Waals surface area contributed by atoms with Gasteiger partial charge in [0.1, 0.15) is 11.4 Å². The van der Waals surface area contributed by atoms with Crippen LogP contribution in [0.4, 0.5) is 13.2 Å². The van der Waals surface area contributed by atoms with E-state index >= 15 is 0 Å². The minimum Gasteiger partial charge on any atom is -0.363 e. The quantitative estimate of drug-likeness (QED) is 0.550. The molecule has 3 aromatic rings. The van der Waals surface area contributed by atoms with Crippen LogP contribution in [0, 0.1) is 0 Å². The number of carbonyl (C=O) groups is 1. The minimum atomic E-state index is -4.52. The van der Waals surface area contributed by atoms with Crippen LogP contribution in [0.1, 0.15) is 20.9 Å². The molecule has 6 nitrogen and oxygen atoms in total. The molecule has 29 heavy (non-hydrogen) atoms. The van der Waals surface area contributed by atoms with E-state index in [4.69, 9.17) is 0 Å². The monoisotopic (exact) mass is 423 g/mol. The van der Waals surface area contributed by atoms with Crippen molar-refractivity contribution >= 4 is 23.3 Å². The molecular weight excluding hydrogens is 407 g/mol. The molecule has 0 atom stereocenters. The summed E-state index contributed by atoms with van der Waals surface area (Å²) >= 11 is 1.09. The molecule has 3 N–H and O–H groups in total. The van der Waals surface area contributed by atoms with Gasteiger partial charge in [-0.2, -0.15) is 18.3 Å². The number of aryl methyl sites for hydroxylation is 1. The first-order valence-corrected chi connectivity index (χ1v) is 9.12. The van der Waals surface area contributed by atoms with Gasteiger partial charge in [-0.05, 0) is 36.4 Å². The average molecular weight is 423 g/mol. The van der Waals surface area contributed by atoms with Gasteiger partial charge in [-0.15, -0.1) is 11.3 Å². The molecule has 0 fully saturated rings. The number of halogens is 3. The smallest absolute Gasteiger partial charge is 0.363 e. The van der Waals surface area contributed by atoms with Crippen molar-refractivity contribution < 1.29 is 28.2 Å². The van der Waals surface area contributed by atoms with Gasteiger partial charge in [-0.3, -0.25) is 9.48 Å². The second-order valence-corrected chi connectivity index (χ2v) is 7.15. The summed E-state index contributed by atoms with van der Waals surface area (Å²) in [4.78, 5) is 13.2. The van der Waals surface area contributed by atoms with Crippen molar-refractivity contribution in [3.63, 3.8) is 0 Å². The molecule has 152 valence electrons. The summed E-state index contributed by atoms with van der Waals surface area (Å²) in [5.41, 5.74) is -0.563. The Morgan fingerprint density at radius 1 is 1.21 bits per heavy atom. The highest BCUT2D eigenvalue weighted by atomic mass is 32.1. The highest BCUT2D eigenvalue weighted by Gasteiger charge is 2.35. The van der Waals surface area contributed by atoms with E-state index in [1.165, 1.54) is 13.1 Å². The predicted molar refractivity (Wildman–Crippen MR) is 102 cm³/mol. The van der Waals surface area contributed by atoms with Gasteiger partial charge >= 0.3 is 6.18 Å². The van der Waals surface area contributed by atoms with Gasteiger partial charge in [0.15, 0.2) is 6.29 Å². The Morgan fingerprint density at radius 3 is 2.48 bits per heavy atom. The van der Waals surface area contributed by atoms with Crippen molar-refractivity contribution in [3.05, 3.63) is 70.4 Å². The molecular formula is C19H16F3N3O3S. The van der Waals surface area contributed by atoms with Gasteiger partial charge < -0.3 is 15.5 Å². The number of benzene rings is 1. The maximum Gasteiger partial charge on any atom is 0.433 e. The van der Waals surface area contributed by atoms with Crippen LogP contribution in [0.5, 0.6) is 0 Å². The van der Waals surface area contributed by atoms with Crippen LogP contribution in [0.25, 0.3) is 16.6 Å². The van der Waals surface area contributed by atoms with Gasteiger partial charge in [0.05, 0.1) is 10.6 Å². The summed E-state index contributed by atoms with van der Waals surface area (Å²) in [6.07, 6.45) is -5.12. The number of thiophene rings is 1. The summed E-state index contributed by atoms with van der Waals surface area (Å²) in [6, 6.07) is 12.3. The van der Waals surface area contributed by atoms with Crippen LogP contribution in [0.15, 0.2) is 54.2 Å². The van der Waals surface area contributed by atoms with E-state index in [-0.39, 0.29) is 11.4 Å². The maximum atomic E-state index is 12.9. The lowest BCUT2D eigenvalue weighted by molar-refractivity contribution is -0.143. The van der Waals surface area contributed by atoms with Crippen molar-refractivity contribution in [3.8, 4) is 10.6 Å². The number of amides is 1. The van der Waals surface area contributed by atoms with E-state index in [9.17, 15) is 28.2 Å². The van der Waals surface area contributed by atoms with E-state index in [2.05, 4.69) is 10.4 Å². The van der Waals surface area contributed by atoms with Crippen molar-refractivity contribution in [2.75, 3.05) is 0 Å².